The number of anilines is 3. The van der Waals surface area contributed by atoms with Gasteiger partial charge in [-0.1, -0.05) is 35.3 Å². The van der Waals surface area contributed by atoms with Crippen LogP contribution in [0.4, 0.5) is 16.5 Å². The molecule has 0 spiro atoms. The Balaban J connectivity index is 1.27. The van der Waals surface area contributed by atoms with Crippen LogP contribution in [0.3, 0.4) is 0 Å². The van der Waals surface area contributed by atoms with Crippen molar-refractivity contribution in [1.29, 1.82) is 0 Å². The Labute approximate surface area is 242 Å². The van der Waals surface area contributed by atoms with Crippen LogP contribution in [0.15, 0.2) is 82.8 Å². The van der Waals surface area contributed by atoms with Crippen LogP contribution in [0.5, 0.6) is 11.5 Å². The van der Waals surface area contributed by atoms with Gasteiger partial charge in [0.25, 0.3) is 17.7 Å². The highest BCUT2D eigenvalue weighted by Gasteiger charge is 2.40. The molecule has 0 saturated carbocycles. The number of ether oxygens (including phenoxy) is 2. The predicted octanol–water partition coefficient (Wildman–Crippen LogP) is 6.17. The maximum Gasteiger partial charge on any atom is 0.283 e. The first kappa shape index (κ1) is 27.2. The van der Waals surface area contributed by atoms with Crippen LogP contribution in [0.25, 0.3) is 11.3 Å². The van der Waals surface area contributed by atoms with Gasteiger partial charge in [0.2, 0.25) is 0 Å². The van der Waals surface area contributed by atoms with Gasteiger partial charge in [-0.3, -0.25) is 19.7 Å². The van der Waals surface area contributed by atoms with Crippen LogP contribution in [0, 0.1) is 0 Å². The summed E-state index contributed by atoms with van der Waals surface area (Å²) in [7, 11) is 2.91. The summed E-state index contributed by atoms with van der Waals surface area (Å²) >= 11 is 13.5. The number of methoxy groups -OCH3 is 2. The molecule has 1 aromatic heterocycles. The minimum absolute atomic E-state index is 0.0979. The van der Waals surface area contributed by atoms with E-state index in [1.165, 1.54) is 31.6 Å². The molecule has 202 valence electrons. The Morgan fingerprint density at radius 1 is 0.925 bits per heavy atom. The van der Waals surface area contributed by atoms with Crippen LogP contribution in [-0.2, 0) is 9.59 Å². The fourth-order valence-electron chi connectivity index (χ4n) is 3.90. The zero-order valence-electron chi connectivity index (χ0n) is 21.0. The summed E-state index contributed by atoms with van der Waals surface area (Å²) in [4.78, 5) is 44.2. The molecule has 0 aliphatic carbocycles. The van der Waals surface area contributed by atoms with E-state index in [0.717, 1.165) is 16.2 Å². The van der Waals surface area contributed by atoms with Crippen LogP contribution < -0.4 is 25.0 Å². The number of aromatic nitrogens is 1. The third-order valence-corrected chi connectivity index (χ3v) is 7.30. The first-order chi connectivity index (χ1) is 19.3. The summed E-state index contributed by atoms with van der Waals surface area (Å²) in [5.74, 6) is -0.943. The lowest BCUT2D eigenvalue weighted by molar-refractivity contribution is -0.120. The average molecular weight is 595 g/mol. The number of benzene rings is 3. The lowest BCUT2D eigenvalue weighted by Gasteiger charge is -2.18. The Hall–Kier alpha value is -4.38. The van der Waals surface area contributed by atoms with Crippen LogP contribution >= 0.6 is 34.5 Å². The summed E-state index contributed by atoms with van der Waals surface area (Å²) < 4.78 is 10.5. The Kier molecular flexibility index (Phi) is 7.74. The van der Waals surface area contributed by atoms with Crippen molar-refractivity contribution in [3.8, 4) is 22.8 Å². The topological polar surface area (TPSA) is 110 Å². The second kappa shape index (κ2) is 11.4. The molecule has 2 N–H and O–H groups in total. The summed E-state index contributed by atoms with van der Waals surface area (Å²) in [5.41, 5.74) is 2.55. The average Bonchev–Trinajstić information content (AvgIpc) is 3.51. The van der Waals surface area contributed by atoms with E-state index in [0.29, 0.717) is 27.2 Å². The molecular weight excluding hydrogens is 575 g/mol. The standard InChI is InChI=1S/C28H20Cl2N4O5S/c1-38-19-11-12-21(22(13-19)39-2)34-26(36)23(30)24(27(34)37)31-18-9-5-16(6-10-18)25(35)33-28-32-20(14-40-28)15-3-7-17(29)8-4-15/h3-14,31H,1-2H3,(H,32,33,35). The molecule has 0 bridgehead atoms. The molecule has 4 aromatic rings. The van der Waals surface area contributed by atoms with Gasteiger partial charge < -0.3 is 14.8 Å². The monoisotopic (exact) mass is 594 g/mol. The first-order valence-electron chi connectivity index (χ1n) is 11.7. The number of imide groups is 1. The number of nitrogens with one attached hydrogen (secondary N) is 2. The van der Waals surface area contributed by atoms with Gasteiger partial charge >= 0.3 is 0 Å². The SMILES string of the molecule is COc1ccc(N2C(=O)C(Cl)=C(Nc3ccc(C(=O)Nc4nc(-c5ccc(Cl)cc5)cs4)cc3)C2=O)c(OC)c1. The molecule has 40 heavy (non-hydrogen) atoms. The van der Waals surface area contributed by atoms with E-state index in [1.807, 2.05) is 17.5 Å². The largest absolute Gasteiger partial charge is 0.497 e. The van der Waals surface area contributed by atoms with Crippen LogP contribution in [0.1, 0.15) is 10.4 Å². The maximum atomic E-state index is 13.2. The van der Waals surface area contributed by atoms with E-state index >= 15 is 0 Å². The van der Waals surface area contributed by atoms with E-state index < -0.39 is 11.8 Å². The molecule has 3 aromatic carbocycles. The smallest absolute Gasteiger partial charge is 0.283 e. The van der Waals surface area contributed by atoms with E-state index in [-0.39, 0.29) is 28.1 Å². The van der Waals surface area contributed by atoms with Gasteiger partial charge in [-0.05, 0) is 48.5 Å². The lowest BCUT2D eigenvalue weighted by Crippen LogP contribution is -2.32. The molecule has 0 radical (unpaired) electrons. The molecule has 0 saturated heterocycles. The minimum Gasteiger partial charge on any atom is -0.497 e. The van der Waals surface area contributed by atoms with Crippen molar-refractivity contribution >= 4 is 68.8 Å². The minimum atomic E-state index is -0.699. The summed E-state index contributed by atoms with van der Waals surface area (Å²) in [6.45, 7) is 0. The second-order valence-electron chi connectivity index (χ2n) is 8.37. The van der Waals surface area contributed by atoms with Gasteiger partial charge in [-0.15, -0.1) is 11.3 Å². The molecule has 0 fully saturated rings. The Bertz CT molecular complexity index is 1650. The lowest BCUT2D eigenvalue weighted by atomic mass is 10.2. The Morgan fingerprint density at radius 2 is 1.65 bits per heavy atom. The molecule has 1 aliphatic heterocycles. The number of hydrogen-bond acceptors (Lipinski definition) is 8. The third kappa shape index (κ3) is 5.37. The Morgan fingerprint density at radius 3 is 2.33 bits per heavy atom. The highest BCUT2D eigenvalue weighted by Crippen LogP contribution is 2.37. The number of halogens is 2. The predicted molar refractivity (Wildman–Crippen MR) is 155 cm³/mol. The molecule has 12 heteroatoms. The number of thiazole rings is 1. The van der Waals surface area contributed by atoms with Gasteiger partial charge in [-0.2, -0.15) is 0 Å². The number of amides is 3. The van der Waals surface area contributed by atoms with E-state index in [9.17, 15) is 14.4 Å². The molecular formula is C28H20Cl2N4O5S. The molecule has 5 rings (SSSR count). The fourth-order valence-corrected chi connectivity index (χ4v) is 4.96. The van der Waals surface area contributed by atoms with Gasteiger partial charge in [-0.25, -0.2) is 9.88 Å². The van der Waals surface area contributed by atoms with Crippen LogP contribution in [0.2, 0.25) is 5.02 Å². The summed E-state index contributed by atoms with van der Waals surface area (Å²) in [5, 5.41) is 8.31. The molecule has 3 amide bonds. The zero-order valence-corrected chi connectivity index (χ0v) is 23.4. The highest BCUT2D eigenvalue weighted by molar-refractivity contribution is 7.14. The van der Waals surface area contributed by atoms with E-state index in [4.69, 9.17) is 32.7 Å². The number of rotatable bonds is 8. The number of hydrogen-bond donors (Lipinski definition) is 2. The van der Waals surface area contributed by atoms with Crippen molar-refractivity contribution in [2.45, 2.75) is 0 Å². The van der Waals surface area contributed by atoms with Crippen molar-refractivity contribution in [3.05, 3.63) is 93.4 Å². The maximum absolute atomic E-state index is 13.2. The number of nitrogens with zero attached hydrogens (tertiary/aromatic N) is 2. The fraction of sp³-hybridized carbons (Fsp3) is 0.0714. The van der Waals surface area contributed by atoms with Crippen LogP contribution in [-0.4, -0.2) is 36.9 Å². The molecule has 0 atom stereocenters. The summed E-state index contributed by atoms with van der Waals surface area (Å²) in [6, 6.07) is 18.3. The van der Waals surface area contributed by atoms with E-state index in [2.05, 4.69) is 15.6 Å². The van der Waals surface area contributed by atoms with E-state index in [1.54, 1.807) is 48.5 Å². The molecule has 2 heterocycles. The van der Waals surface area contributed by atoms with Crippen molar-refractivity contribution in [2.75, 3.05) is 29.8 Å². The number of carbonyl (C=O) groups excluding carboxylic acids is 3. The van der Waals surface area contributed by atoms with Crippen molar-refractivity contribution in [2.24, 2.45) is 0 Å². The number of carbonyl (C=O) groups is 3. The second-order valence-corrected chi connectivity index (χ2v) is 10.0. The van der Waals surface area contributed by atoms with Crippen molar-refractivity contribution in [3.63, 3.8) is 0 Å². The molecule has 0 unspecified atom stereocenters. The zero-order chi connectivity index (χ0) is 28.4. The highest BCUT2D eigenvalue weighted by atomic mass is 35.5. The summed E-state index contributed by atoms with van der Waals surface area (Å²) in [6.07, 6.45) is 0. The third-order valence-electron chi connectivity index (χ3n) is 5.94. The van der Waals surface area contributed by atoms with Gasteiger partial charge in [0.1, 0.15) is 22.2 Å². The van der Waals surface area contributed by atoms with Gasteiger partial charge in [0.15, 0.2) is 5.13 Å². The quantitative estimate of drug-likeness (QED) is 0.235. The van der Waals surface area contributed by atoms with Gasteiger partial charge in [0.05, 0.1) is 25.6 Å². The van der Waals surface area contributed by atoms with Crippen molar-refractivity contribution in [1.82, 2.24) is 4.98 Å². The molecule has 1 aliphatic rings. The first-order valence-corrected chi connectivity index (χ1v) is 13.3. The van der Waals surface area contributed by atoms with Gasteiger partial charge in [0, 0.05) is 33.3 Å². The molecule has 9 nitrogen and oxygen atoms in total. The van der Waals surface area contributed by atoms with Crippen molar-refractivity contribution < 1.29 is 23.9 Å². The normalized spacial score (nSPS) is 13.1.